The molecule has 1 aromatic heterocycles. The van der Waals surface area contributed by atoms with E-state index in [-0.39, 0.29) is 11.3 Å². The van der Waals surface area contributed by atoms with Gasteiger partial charge in [0.25, 0.3) is 0 Å². The van der Waals surface area contributed by atoms with Gasteiger partial charge in [-0.2, -0.15) is 0 Å². The van der Waals surface area contributed by atoms with Crippen LogP contribution >= 0.6 is 0 Å². The highest BCUT2D eigenvalue weighted by Crippen LogP contribution is 2.16. The Bertz CT molecular complexity index is 391. The average molecular weight is 220 g/mol. The van der Waals surface area contributed by atoms with Gasteiger partial charge in [0.05, 0.1) is 5.69 Å². The molecule has 0 aliphatic rings. The van der Waals surface area contributed by atoms with Crippen LogP contribution in [0.1, 0.15) is 50.2 Å². The highest BCUT2D eigenvalue weighted by Gasteiger charge is 2.12. The lowest BCUT2D eigenvalue weighted by atomic mass is 10.1. The first-order valence-electron chi connectivity index (χ1n) is 5.62. The fraction of sp³-hybridized carbons (Fsp3) is 0.538. The number of carbonyl (C=O) groups is 1. The van der Waals surface area contributed by atoms with Crippen molar-refractivity contribution in [3.63, 3.8) is 0 Å². The van der Waals surface area contributed by atoms with E-state index < -0.39 is 0 Å². The third-order valence-corrected chi connectivity index (χ3v) is 2.21. The van der Waals surface area contributed by atoms with Gasteiger partial charge in [0.15, 0.2) is 5.78 Å². The van der Waals surface area contributed by atoms with Crippen LogP contribution in [0, 0.1) is 6.92 Å². The monoisotopic (exact) mass is 220 g/mol. The van der Waals surface area contributed by atoms with Crippen molar-refractivity contribution in [2.45, 2.75) is 46.6 Å². The highest BCUT2D eigenvalue weighted by atomic mass is 16.1. The molecule has 1 heterocycles. The Balaban J connectivity index is 2.96. The number of nitrogens with zero attached hydrogens (tertiary/aromatic N) is 1. The Labute approximate surface area is 97.3 Å². The maximum Gasteiger partial charge on any atom is 0.164 e. The number of nitrogens with one attached hydrogen (secondary N) is 1. The molecule has 0 bridgehead atoms. The molecule has 0 spiro atoms. The molecule has 1 N–H and O–H groups in total. The molecule has 0 aliphatic carbocycles. The zero-order valence-electron chi connectivity index (χ0n) is 10.7. The van der Waals surface area contributed by atoms with E-state index in [0.29, 0.717) is 6.42 Å². The summed E-state index contributed by atoms with van der Waals surface area (Å²) in [6.45, 7) is 9.97. The van der Waals surface area contributed by atoms with Crippen LogP contribution in [0.5, 0.6) is 0 Å². The fourth-order valence-electron chi connectivity index (χ4n) is 1.50. The lowest BCUT2D eigenvalue weighted by Crippen LogP contribution is -2.26. The van der Waals surface area contributed by atoms with Crippen molar-refractivity contribution in [1.82, 2.24) is 4.98 Å². The van der Waals surface area contributed by atoms with Crippen LogP contribution in [0.4, 0.5) is 5.82 Å². The van der Waals surface area contributed by atoms with Crippen molar-refractivity contribution in [3.8, 4) is 0 Å². The van der Waals surface area contributed by atoms with Crippen molar-refractivity contribution < 1.29 is 4.79 Å². The first-order chi connectivity index (χ1) is 7.33. The smallest absolute Gasteiger partial charge is 0.164 e. The van der Waals surface area contributed by atoms with Crippen molar-refractivity contribution in [1.29, 1.82) is 0 Å². The summed E-state index contributed by atoms with van der Waals surface area (Å²) >= 11 is 0. The van der Waals surface area contributed by atoms with Crippen molar-refractivity contribution in [2.24, 2.45) is 0 Å². The van der Waals surface area contributed by atoms with Crippen LogP contribution in [-0.2, 0) is 0 Å². The van der Waals surface area contributed by atoms with Gasteiger partial charge in [-0.15, -0.1) is 0 Å². The topological polar surface area (TPSA) is 42.0 Å². The fourth-order valence-corrected chi connectivity index (χ4v) is 1.50. The number of hydrogen-bond acceptors (Lipinski definition) is 3. The van der Waals surface area contributed by atoms with E-state index in [9.17, 15) is 4.79 Å². The summed E-state index contributed by atoms with van der Waals surface area (Å²) in [6.07, 6.45) is 0.522. The number of ketones is 1. The van der Waals surface area contributed by atoms with E-state index in [1.807, 2.05) is 26.0 Å². The number of Topliss-reactive ketones (excluding diaryl/α,β-unsaturated/α-hetero) is 1. The molecule has 1 aromatic rings. The van der Waals surface area contributed by atoms with E-state index in [0.717, 1.165) is 17.1 Å². The molecule has 16 heavy (non-hydrogen) atoms. The van der Waals surface area contributed by atoms with Gasteiger partial charge in [0, 0.05) is 17.5 Å². The Morgan fingerprint density at radius 1 is 1.38 bits per heavy atom. The van der Waals surface area contributed by atoms with E-state index >= 15 is 0 Å². The van der Waals surface area contributed by atoms with Crippen LogP contribution in [0.2, 0.25) is 0 Å². The van der Waals surface area contributed by atoms with Gasteiger partial charge in [-0.1, -0.05) is 6.92 Å². The molecule has 0 saturated carbocycles. The molecule has 0 saturated heterocycles. The summed E-state index contributed by atoms with van der Waals surface area (Å²) in [4.78, 5) is 16.0. The second-order valence-electron chi connectivity index (χ2n) is 4.98. The second-order valence-corrected chi connectivity index (χ2v) is 4.98. The van der Waals surface area contributed by atoms with Crippen molar-refractivity contribution >= 4 is 11.6 Å². The average Bonchev–Trinajstić information content (AvgIpc) is 2.14. The van der Waals surface area contributed by atoms with Crippen molar-refractivity contribution in [3.05, 3.63) is 23.4 Å². The third kappa shape index (κ3) is 3.33. The van der Waals surface area contributed by atoms with Crippen LogP contribution in [0.25, 0.3) is 0 Å². The number of rotatable bonds is 3. The molecule has 0 unspecified atom stereocenters. The molecule has 3 heteroatoms. The van der Waals surface area contributed by atoms with Crippen LogP contribution < -0.4 is 5.32 Å². The maximum absolute atomic E-state index is 11.6. The first kappa shape index (κ1) is 12.7. The third-order valence-electron chi connectivity index (χ3n) is 2.21. The molecule has 0 atom stereocenters. The Morgan fingerprint density at radius 3 is 2.44 bits per heavy atom. The Kier molecular flexibility index (Phi) is 3.68. The van der Waals surface area contributed by atoms with Crippen LogP contribution in [0.3, 0.4) is 0 Å². The number of aryl methyl sites for hydroxylation is 1. The van der Waals surface area contributed by atoms with Gasteiger partial charge in [-0.3, -0.25) is 4.79 Å². The number of anilines is 1. The molecule has 88 valence electrons. The zero-order valence-corrected chi connectivity index (χ0v) is 10.7. The van der Waals surface area contributed by atoms with Gasteiger partial charge in [-0.05, 0) is 39.8 Å². The lowest BCUT2D eigenvalue weighted by molar-refractivity contribution is 0.0987. The summed E-state index contributed by atoms with van der Waals surface area (Å²) in [5.41, 5.74) is 1.50. The normalized spacial score (nSPS) is 11.3. The molecule has 0 fully saturated rings. The predicted octanol–water partition coefficient (Wildman–Crippen LogP) is 3.19. The molecule has 0 amide bonds. The number of hydrogen-bond donors (Lipinski definition) is 1. The Morgan fingerprint density at radius 2 is 2.00 bits per heavy atom. The first-order valence-corrected chi connectivity index (χ1v) is 5.62. The summed E-state index contributed by atoms with van der Waals surface area (Å²) < 4.78 is 0. The van der Waals surface area contributed by atoms with E-state index in [2.05, 4.69) is 31.1 Å². The summed E-state index contributed by atoms with van der Waals surface area (Å²) in [5.74, 6) is 0.963. The molecular formula is C13H20N2O. The number of aromatic nitrogens is 1. The highest BCUT2D eigenvalue weighted by molar-refractivity contribution is 5.96. The van der Waals surface area contributed by atoms with Crippen LogP contribution in [0.15, 0.2) is 12.1 Å². The van der Waals surface area contributed by atoms with Gasteiger partial charge in [-0.25, -0.2) is 4.98 Å². The standard InChI is InChI=1S/C13H20N2O/c1-6-11(16)10-7-8-12(14-9(10)2)15-13(3,4)5/h7-8H,6H2,1-5H3,(H,14,15). The molecule has 0 aromatic carbocycles. The minimum absolute atomic E-state index is 0.0181. The SMILES string of the molecule is CCC(=O)c1ccc(NC(C)(C)C)nc1C. The largest absolute Gasteiger partial charge is 0.365 e. The molecule has 0 radical (unpaired) electrons. The van der Waals surface area contributed by atoms with Gasteiger partial charge in [0.1, 0.15) is 5.82 Å². The zero-order chi connectivity index (χ0) is 12.3. The molecular weight excluding hydrogens is 200 g/mol. The molecule has 3 nitrogen and oxygen atoms in total. The van der Waals surface area contributed by atoms with E-state index in [1.54, 1.807) is 0 Å². The van der Waals surface area contributed by atoms with Gasteiger partial charge in [0.2, 0.25) is 0 Å². The summed E-state index contributed by atoms with van der Waals surface area (Å²) in [5, 5.41) is 3.28. The van der Waals surface area contributed by atoms with Crippen molar-refractivity contribution in [2.75, 3.05) is 5.32 Å². The second kappa shape index (κ2) is 4.64. The molecule has 1 rings (SSSR count). The van der Waals surface area contributed by atoms with Gasteiger partial charge >= 0.3 is 0 Å². The predicted molar refractivity (Wildman–Crippen MR) is 67.0 cm³/mol. The van der Waals surface area contributed by atoms with Gasteiger partial charge < -0.3 is 5.32 Å². The lowest BCUT2D eigenvalue weighted by Gasteiger charge is -2.21. The minimum atomic E-state index is -0.0181. The quantitative estimate of drug-likeness (QED) is 0.795. The van der Waals surface area contributed by atoms with E-state index in [4.69, 9.17) is 0 Å². The molecule has 0 aliphatic heterocycles. The number of pyridine rings is 1. The van der Waals surface area contributed by atoms with Crippen LogP contribution in [-0.4, -0.2) is 16.3 Å². The maximum atomic E-state index is 11.6. The van der Waals surface area contributed by atoms with E-state index in [1.165, 1.54) is 0 Å². The summed E-state index contributed by atoms with van der Waals surface area (Å²) in [6, 6.07) is 3.71. The summed E-state index contributed by atoms with van der Waals surface area (Å²) in [7, 11) is 0. The minimum Gasteiger partial charge on any atom is -0.365 e. The number of carbonyl (C=O) groups excluding carboxylic acids is 1. The Hall–Kier alpha value is -1.38.